The molecule has 0 atom stereocenters. The van der Waals surface area contributed by atoms with E-state index in [1.807, 2.05) is 17.8 Å². The first-order valence-corrected chi connectivity index (χ1v) is 22.0. The van der Waals surface area contributed by atoms with E-state index in [9.17, 15) is 0 Å². The number of rotatable bonds is 6. The van der Waals surface area contributed by atoms with Crippen LogP contribution in [0, 0.1) is 0 Å². The zero-order valence-corrected chi connectivity index (χ0v) is 34.6. The fraction of sp³-hybridized carbons (Fsp3) is 0.0169. The van der Waals surface area contributed by atoms with Crippen LogP contribution in [0.5, 0.6) is 0 Å². The minimum absolute atomic E-state index is 0.379. The lowest BCUT2D eigenvalue weighted by molar-refractivity contribution is 0.722. The third-order valence-corrected chi connectivity index (χ3v) is 13.7. The topological polar surface area (TPSA) is 25.8 Å². The number of fused-ring (bicyclic) bond motifs is 9. The summed E-state index contributed by atoms with van der Waals surface area (Å²) in [5, 5.41) is 0. The normalized spacial score (nSPS) is 12.9. The van der Waals surface area contributed by atoms with E-state index >= 15 is 0 Å². The largest absolute Gasteiger partial charge is 0.228 e. The van der Waals surface area contributed by atoms with Crippen molar-refractivity contribution in [1.82, 2.24) is 9.97 Å². The van der Waals surface area contributed by atoms with Gasteiger partial charge in [-0.15, -0.1) is 0 Å². The van der Waals surface area contributed by atoms with Crippen LogP contribution in [0.2, 0.25) is 0 Å². The molecule has 0 radical (unpaired) electrons. The standard InChI is InChI=1S/C59H38N2S/c1-3-16-39(17-4-1)41-20-14-24-46(35-41)55-38-54(40-18-5-2-6-19-40)60-58(61-55)47-25-15-23-44(36-47)42-21-13-22-43(34-42)45-32-33-53-57(37-45)62-56-31-12-11-30-52(56)59(53)50-28-9-7-26-48(50)49-27-8-10-29-51(49)59/h1-38H. The first-order chi connectivity index (χ1) is 30.7. The maximum absolute atomic E-state index is 5.24. The molecule has 9 aromatic carbocycles. The molecule has 0 unspecified atom stereocenters. The molecule has 3 heteroatoms. The van der Waals surface area contributed by atoms with E-state index in [0.29, 0.717) is 5.82 Å². The molecule has 0 N–H and O–H groups in total. The van der Waals surface area contributed by atoms with Crippen molar-refractivity contribution in [2.75, 3.05) is 0 Å². The van der Waals surface area contributed by atoms with Gasteiger partial charge in [0.2, 0.25) is 0 Å². The van der Waals surface area contributed by atoms with Gasteiger partial charge in [-0.3, -0.25) is 0 Å². The molecule has 1 aliphatic carbocycles. The van der Waals surface area contributed by atoms with E-state index in [1.165, 1.54) is 59.9 Å². The molecule has 2 heterocycles. The Morgan fingerprint density at radius 2 is 0.710 bits per heavy atom. The number of benzene rings is 9. The molecule has 1 spiro atoms. The van der Waals surface area contributed by atoms with Gasteiger partial charge in [-0.05, 0) is 103 Å². The fourth-order valence-electron chi connectivity index (χ4n) is 9.73. The summed E-state index contributed by atoms with van der Waals surface area (Å²) < 4.78 is 0. The highest BCUT2D eigenvalue weighted by atomic mass is 32.2. The van der Waals surface area contributed by atoms with E-state index in [1.54, 1.807) is 0 Å². The zero-order chi connectivity index (χ0) is 41.0. The minimum Gasteiger partial charge on any atom is -0.228 e. The molecule has 0 saturated heterocycles. The van der Waals surface area contributed by atoms with Gasteiger partial charge in [-0.2, -0.15) is 0 Å². The fourth-order valence-corrected chi connectivity index (χ4v) is 11.0. The molecule has 2 nitrogen and oxygen atoms in total. The van der Waals surface area contributed by atoms with Crippen molar-refractivity contribution < 1.29 is 0 Å². The van der Waals surface area contributed by atoms with Gasteiger partial charge in [0, 0.05) is 26.5 Å². The van der Waals surface area contributed by atoms with Gasteiger partial charge in [0.05, 0.1) is 16.8 Å². The number of hydrogen-bond acceptors (Lipinski definition) is 3. The first-order valence-electron chi connectivity index (χ1n) is 21.1. The summed E-state index contributed by atoms with van der Waals surface area (Å²) in [6, 6.07) is 83.3. The van der Waals surface area contributed by atoms with Crippen LogP contribution in [0.15, 0.2) is 240 Å². The van der Waals surface area contributed by atoms with Crippen molar-refractivity contribution in [3.63, 3.8) is 0 Å². The summed E-state index contributed by atoms with van der Waals surface area (Å²) in [6.07, 6.45) is 0. The van der Waals surface area contributed by atoms with Crippen molar-refractivity contribution in [1.29, 1.82) is 0 Å². The van der Waals surface area contributed by atoms with Gasteiger partial charge in [-0.25, -0.2) is 9.97 Å². The van der Waals surface area contributed by atoms with Crippen LogP contribution in [-0.4, -0.2) is 9.97 Å². The van der Waals surface area contributed by atoms with E-state index < -0.39 is 0 Å². The molecule has 0 fully saturated rings. The van der Waals surface area contributed by atoms with Crippen LogP contribution in [0.1, 0.15) is 22.3 Å². The van der Waals surface area contributed by atoms with Crippen molar-refractivity contribution >= 4 is 11.8 Å². The molecular formula is C59H38N2S. The van der Waals surface area contributed by atoms with Gasteiger partial charge >= 0.3 is 0 Å². The van der Waals surface area contributed by atoms with Crippen molar-refractivity contribution in [2.24, 2.45) is 0 Å². The lowest BCUT2D eigenvalue weighted by atomic mass is 9.67. The predicted octanol–water partition coefficient (Wildman–Crippen LogP) is 15.3. The van der Waals surface area contributed by atoms with Crippen LogP contribution in [0.25, 0.3) is 78.4 Å². The second-order valence-electron chi connectivity index (χ2n) is 16.1. The SMILES string of the molecule is c1ccc(-c2cccc(-c3cc(-c4ccccc4)nc(-c4cccc(-c5cccc(-c6ccc7c(c6)Sc6ccccc6C76c7ccccc7-c7ccccc76)c5)c4)n3)c2)cc1. The van der Waals surface area contributed by atoms with E-state index in [0.717, 1.165) is 44.8 Å². The molecule has 62 heavy (non-hydrogen) atoms. The lowest BCUT2D eigenvalue weighted by Crippen LogP contribution is -2.31. The summed E-state index contributed by atoms with van der Waals surface area (Å²) in [5.41, 5.74) is 19.5. The summed E-state index contributed by atoms with van der Waals surface area (Å²) in [7, 11) is 0. The van der Waals surface area contributed by atoms with Crippen LogP contribution in [0.3, 0.4) is 0 Å². The van der Waals surface area contributed by atoms with E-state index in [-0.39, 0.29) is 5.41 Å². The monoisotopic (exact) mass is 806 g/mol. The van der Waals surface area contributed by atoms with Crippen LogP contribution >= 0.6 is 11.8 Å². The van der Waals surface area contributed by atoms with Crippen LogP contribution in [0.4, 0.5) is 0 Å². The van der Waals surface area contributed by atoms with Crippen LogP contribution in [-0.2, 0) is 5.41 Å². The Hall–Kier alpha value is -7.59. The van der Waals surface area contributed by atoms with Crippen LogP contribution < -0.4 is 0 Å². The average Bonchev–Trinajstić information content (AvgIpc) is 3.65. The quantitative estimate of drug-likeness (QED) is 0.167. The van der Waals surface area contributed by atoms with Crippen molar-refractivity contribution in [3.8, 4) is 78.4 Å². The molecule has 1 aliphatic heterocycles. The Kier molecular flexibility index (Phi) is 8.69. The van der Waals surface area contributed by atoms with Crippen molar-refractivity contribution in [3.05, 3.63) is 253 Å². The Morgan fingerprint density at radius 1 is 0.274 bits per heavy atom. The highest BCUT2D eigenvalue weighted by molar-refractivity contribution is 7.99. The van der Waals surface area contributed by atoms with Gasteiger partial charge in [0.15, 0.2) is 5.82 Å². The molecule has 0 amide bonds. The zero-order valence-electron chi connectivity index (χ0n) is 33.7. The average molecular weight is 807 g/mol. The maximum Gasteiger partial charge on any atom is 0.160 e. The van der Waals surface area contributed by atoms with E-state index in [2.05, 4.69) is 224 Å². The number of aromatic nitrogens is 2. The van der Waals surface area contributed by atoms with Gasteiger partial charge < -0.3 is 0 Å². The molecule has 10 aromatic rings. The molecule has 0 bridgehead atoms. The van der Waals surface area contributed by atoms with Gasteiger partial charge in [-0.1, -0.05) is 206 Å². The Morgan fingerprint density at radius 3 is 1.37 bits per heavy atom. The minimum atomic E-state index is -0.379. The molecule has 2 aliphatic rings. The first kappa shape index (κ1) is 36.3. The highest BCUT2D eigenvalue weighted by Gasteiger charge is 2.50. The van der Waals surface area contributed by atoms with E-state index in [4.69, 9.17) is 9.97 Å². The maximum atomic E-state index is 5.24. The predicted molar refractivity (Wildman–Crippen MR) is 256 cm³/mol. The lowest BCUT2D eigenvalue weighted by Gasteiger charge is -2.39. The molecular weight excluding hydrogens is 769 g/mol. The molecule has 12 rings (SSSR count). The molecule has 290 valence electrons. The third kappa shape index (κ3) is 5.96. The summed E-state index contributed by atoms with van der Waals surface area (Å²) in [5.74, 6) is 0.695. The summed E-state index contributed by atoms with van der Waals surface area (Å²) in [6.45, 7) is 0. The van der Waals surface area contributed by atoms with Gasteiger partial charge in [0.25, 0.3) is 0 Å². The molecule has 0 saturated carbocycles. The Bertz CT molecular complexity index is 3290. The second kappa shape index (κ2) is 14.8. The third-order valence-electron chi connectivity index (χ3n) is 12.6. The highest BCUT2D eigenvalue weighted by Crippen LogP contribution is 2.62. The van der Waals surface area contributed by atoms with Gasteiger partial charge in [0.1, 0.15) is 0 Å². The Balaban J connectivity index is 0.935. The summed E-state index contributed by atoms with van der Waals surface area (Å²) in [4.78, 5) is 13.0. The second-order valence-corrected chi connectivity index (χ2v) is 17.2. The number of hydrogen-bond donors (Lipinski definition) is 0. The van der Waals surface area contributed by atoms with Crippen molar-refractivity contribution in [2.45, 2.75) is 15.2 Å². The smallest absolute Gasteiger partial charge is 0.160 e. The Labute approximate surface area is 366 Å². The molecule has 1 aromatic heterocycles. The number of nitrogens with zero attached hydrogens (tertiary/aromatic N) is 2. The summed E-state index contributed by atoms with van der Waals surface area (Å²) >= 11 is 1.89.